The van der Waals surface area contributed by atoms with Gasteiger partial charge in [-0.15, -0.1) is 0 Å². The number of benzene rings is 2. The number of carbonyl (C=O) groups is 2. The van der Waals surface area contributed by atoms with Gasteiger partial charge in [0, 0.05) is 32.4 Å². The average Bonchev–Trinajstić information content (AvgIpc) is 2.77. The van der Waals surface area contributed by atoms with Gasteiger partial charge in [-0.05, 0) is 41.7 Å². The molecular weight excluding hydrogens is 402 g/mol. The van der Waals surface area contributed by atoms with Crippen LogP contribution in [-0.4, -0.2) is 41.9 Å². The molecule has 0 radical (unpaired) electrons. The van der Waals surface area contributed by atoms with Gasteiger partial charge in [-0.2, -0.15) is 0 Å². The lowest BCUT2D eigenvalue weighted by Gasteiger charge is -2.44. The van der Waals surface area contributed by atoms with Crippen molar-refractivity contribution < 1.29 is 19.1 Å². The molecule has 2 aliphatic rings. The molecule has 0 aromatic heterocycles. The van der Waals surface area contributed by atoms with Crippen molar-refractivity contribution in [2.45, 2.75) is 63.9 Å². The molecule has 5 nitrogen and oxygen atoms in total. The number of nitrogens with zero attached hydrogens (tertiary/aromatic N) is 1. The second kappa shape index (κ2) is 8.97. The number of fused-ring (bicyclic) bond motifs is 1. The maximum atomic E-state index is 12.7. The van der Waals surface area contributed by atoms with Crippen LogP contribution in [0.25, 0.3) is 0 Å². The Morgan fingerprint density at radius 3 is 2.44 bits per heavy atom. The maximum absolute atomic E-state index is 12.7. The first-order valence-corrected chi connectivity index (χ1v) is 11.6. The predicted molar refractivity (Wildman–Crippen MR) is 124 cm³/mol. The highest BCUT2D eigenvalue weighted by Crippen LogP contribution is 2.39. The van der Waals surface area contributed by atoms with Crippen molar-refractivity contribution in [1.29, 1.82) is 0 Å². The van der Waals surface area contributed by atoms with Crippen molar-refractivity contribution in [2.24, 2.45) is 0 Å². The van der Waals surface area contributed by atoms with Crippen LogP contribution in [0.3, 0.4) is 0 Å². The van der Waals surface area contributed by atoms with Crippen molar-refractivity contribution in [2.75, 3.05) is 19.7 Å². The number of ketones is 1. The van der Waals surface area contributed by atoms with Crippen LogP contribution in [0.15, 0.2) is 48.5 Å². The molecule has 0 saturated carbocycles. The fourth-order valence-corrected chi connectivity index (χ4v) is 4.51. The Kier molecular flexibility index (Phi) is 6.27. The molecule has 1 fully saturated rings. The monoisotopic (exact) mass is 435 g/mol. The molecule has 0 unspecified atom stereocenters. The highest BCUT2D eigenvalue weighted by molar-refractivity contribution is 6.00. The first kappa shape index (κ1) is 22.4. The van der Waals surface area contributed by atoms with Crippen LogP contribution in [0.2, 0.25) is 0 Å². The first-order valence-electron chi connectivity index (χ1n) is 11.6. The Bertz CT molecular complexity index is 966. The predicted octanol–water partition coefficient (Wildman–Crippen LogP) is 5.17. The van der Waals surface area contributed by atoms with E-state index < -0.39 is 5.60 Å². The molecule has 0 N–H and O–H groups in total. The molecule has 0 atom stereocenters. The number of amides is 1. The topological polar surface area (TPSA) is 55.8 Å². The zero-order valence-corrected chi connectivity index (χ0v) is 19.4. The number of para-hydroxylation sites is 1. The van der Waals surface area contributed by atoms with E-state index >= 15 is 0 Å². The van der Waals surface area contributed by atoms with E-state index in [0.29, 0.717) is 63.1 Å². The fraction of sp³-hybridized carbons (Fsp3) is 0.481. The molecule has 1 saturated heterocycles. The summed E-state index contributed by atoms with van der Waals surface area (Å²) >= 11 is 0. The number of carbonyl (C=O) groups excluding carboxylic acids is 2. The summed E-state index contributed by atoms with van der Waals surface area (Å²) < 4.78 is 12.1. The highest BCUT2D eigenvalue weighted by atomic mass is 16.5. The Morgan fingerprint density at radius 1 is 1.06 bits per heavy atom. The SMILES string of the molecule is CC(C)(C)c1ccc(OCCCC(=O)N2CCC3(CC2)CC(=O)c2ccccc2O3)cc1. The van der Waals surface area contributed by atoms with Crippen molar-refractivity contribution in [3.63, 3.8) is 0 Å². The molecule has 1 spiro atoms. The van der Waals surface area contributed by atoms with Crippen LogP contribution in [0.4, 0.5) is 0 Å². The minimum atomic E-state index is -0.468. The van der Waals surface area contributed by atoms with E-state index in [0.717, 1.165) is 5.75 Å². The number of rotatable bonds is 5. The molecule has 0 bridgehead atoms. The molecule has 2 aromatic carbocycles. The molecule has 170 valence electrons. The Morgan fingerprint density at radius 2 is 1.75 bits per heavy atom. The van der Waals surface area contributed by atoms with E-state index in [-0.39, 0.29) is 17.1 Å². The smallest absolute Gasteiger partial charge is 0.222 e. The van der Waals surface area contributed by atoms with Crippen molar-refractivity contribution >= 4 is 11.7 Å². The van der Waals surface area contributed by atoms with Crippen LogP contribution in [0, 0.1) is 0 Å². The number of Topliss-reactive ketones (excluding diaryl/α,β-unsaturated/α-hetero) is 1. The van der Waals surface area contributed by atoms with Crippen molar-refractivity contribution in [3.05, 3.63) is 59.7 Å². The molecular formula is C27H33NO4. The van der Waals surface area contributed by atoms with Gasteiger partial charge in [0.25, 0.3) is 0 Å². The van der Waals surface area contributed by atoms with Crippen LogP contribution in [0.1, 0.15) is 68.8 Å². The average molecular weight is 436 g/mol. The van der Waals surface area contributed by atoms with Crippen LogP contribution in [0.5, 0.6) is 11.5 Å². The normalized spacial score (nSPS) is 17.6. The van der Waals surface area contributed by atoms with E-state index in [1.165, 1.54) is 5.56 Å². The molecule has 2 heterocycles. The van der Waals surface area contributed by atoms with Crippen molar-refractivity contribution in [3.8, 4) is 11.5 Å². The summed E-state index contributed by atoms with van der Waals surface area (Å²) in [5.41, 5.74) is 1.60. The van der Waals surface area contributed by atoms with E-state index in [9.17, 15) is 9.59 Å². The van der Waals surface area contributed by atoms with Gasteiger partial charge in [0.15, 0.2) is 5.78 Å². The standard InChI is InChI=1S/C27H33NO4/c1-26(2,3)20-10-12-21(13-11-20)31-18-6-9-25(30)28-16-14-27(15-17-28)19-23(29)22-7-4-5-8-24(22)32-27/h4-5,7-8,10-13H,6,9,14-19H2,1-3H3. The van der Waals surface area contributed by atoms with E-state index in [1.807, 2.05) is 41.3 Å². The number of likely N-dealkylation sites (tertiary alicyclic amines) is 1. The summed E-state index contributed by atoms with van der Waals surface area (Å²) in [6.07, 6.45) is 2.93. The first-order chi connectivity index (χ1) is 15.3. The molecule has 2 aromatic rings. The summed E-state index contributed by atoms with van der Waals surface area (Å²) in [6, 6.07) is 15.6. The summed E-state index contributed by atoms with van der Waals surface area (Å²) in [7, 11) is 0. The molecule has 32 heavy (non-hydrogen) atoms. The summed E-state index contributed by atoms with van der Waals surface area (Å²) in [5.74, 6) is 1.80. The second-order valence-electron chi connectivity index (χ2n) is 9.99. The molecule has 2 aliphatic heterocycles. The van der Waals surface area contributed by atoms with Gasteiger partial charge < -0.3 is 14.4 Å². The van der Waals surface area contributed by atoms with Crippen LogP contribution < -0.4 is 9.47 Å². The molecule has 1 amide bonds. The minimum Gasteiger partial charge on any atom is -0.494 e. The summed E-state index contributed by atoms with van der Waals surface area (Å²) in [6.45, 7) is 8.34. The van der Waals surface area contributed by atoms with Gasteiger partial charge in [0.2, 0.25) is 5.91 Å². The summed E-state index contributed by atoms with van der Waals surface area (Å²) in [5, 5.41) is 0. The molecule has 5 heteroatoms. The summed E-state index contributed by atoms with van der Waals surface area (Å²) in [4.78, 5) is 27.1. The van der Waals surface area contributed by atoms with Gasteiger partial charge in [0.1, 0.15) is 17.1 Å². The number of ether oxygens (including phenoxy) is 2. The Labute approximate surface area is 190 Å². The molecule has 4 rings (SSSR count). The Balaban J connectivity index is 1.21. The largest absolute Gasteiger partial charge is 0.494 e. The van der Waals surface area contributed by atoms with Crippen molar-refractivity contribution in [1.82, 2.24) is 4.90 Å². The van der Waals surface area contributed by atoms with Crippen LogP contribution >= 0.6 is 0 Å². The van der Waals surface area contributed by atoms with E-state index in [4.69, 9.17) is 9.47 Å². The van der Waals surface area contributed by atoms with Gasteiger partial charge >= 0.3 is 0 Å². The van der Waals surface area contributed by atoms with Gasteiger partial charge in [0.05, 0.1) is 18.6 Å². The third-order valence-electron chi connectivity index (χ3n) is 6.55. The van der Waals surface area contributed by atoms with Gasteiger partial charge in [-0.3, -0.25) is 9.59 Å². The molecule has 0 aliphatic carbocycles. The maximum Gasteiger partial charge on any atom is 0.222 e. The third kappa shape index (κ3) is 4.98. The lowest BCUT2D eigenvalue weighted by molar-refractivity contribution is -0.135. The van der Waals surface area contributed by atoms with E-state index in [1.54, 1.807) is 0 Å². The zero-order valence-electron chi connectivity index (χ0n) is 19.4. The second-order valence-corrected chi connectivity index (χ2v) is 9.99. The zero-order chi connectivity index (χ0) is 22.8. The Hall–Kier alpha value is -2.82. The number of hydrogen-bond donors (Lipinski definition) is 0. The van der Waals surface area contributed by atoms with Crippen LogP contribution in [-0.2, 0) is 10.2 Å². The highest BCUT2D eigenvalue weighted by Gasteiger charge is 2.43. The quantitative estimate of drug-likeness (QED) is 0.608. The fourth-order valence-electron chi connectivity index (χ4n) is 4.51. The van der Waals surface area contributed by atoms with E-state index in [2.05, 4.69) is 32.9 Å². The lowest BCUT2D eigenvalue weighted by Crippen LogP contribution is -2.52. The van der Waals surface area contributed by atoms with Gasteiger partial charge in [-0.1, -0.05) is 45.0 Å². The number of piperidine rings is 1. The third-order valence-corrected chi connectivity index (χ3v) is 6.55. The minimum absolute atomic E-state index is 0.122. The van der Waals surface area contributed by atoms with Gasteiger partial charge in [-0.25, -0.2) is 0 Å². The lowest BCUT2D eigenvalue weighted by atomic mass is 9.82. The number of hydrogen-bond acceptors (Lipinski definition) is 4.